The minimum atomic E-state index is -0.528. The first-order valence-corrected chi connectivity index (χ1v) is 9.45. The van der Waals surface area contributed by atoms with Crippen LogP contribution in [0.4, 0.5) is 10.8 Å². The molecule has 0 aliphatic heterocycles. The number of esters is 1. The van der Waals surface area contributed by atoms with Crippen LogP contribution in [0.25, 0.3) is 10.8 Å². The number of amides is 1. The molecule has 3 N–H and O–H groups in total. The number of aryl methyl sites for hydroxylation is 1. The molecule has 9 nitrogen and oxygen atoms in total. The summed E-state index contributed by atoms with van der Waals surface area (Å²) in [6, 6.07) is 6.59. The Balaban J connectivity index is 1.62. The van der Waals surface area contributed by atoms with Crippen LogP contribution >= 0.6 is 23.1 Å². The standard InChI is InChI=1S/C16H15N5O4S2/c1-8-12(27-15(17)18-8)13-20-21-16(25-13)26-7-11(22)19-10-6-4-3-5-9(10)14(23)24-2/h3-6H,7H2,1-2H3,(H2,17,18)(H,19,22). The number of rotatable bonds is 6. The average molecular weight is 405 g/mol. The van der Waals surface area contributed by atoms with Crippen molar-refractivity contribution in [3.05, 3.63) is 35.5 Å². The Morgan fingerprint density at radius 1 is 1.33 bits per heavy atom. The van der Waals surface area contributed by atoms with Gasteiger partial charge in [0, 0.05) is 0 Å². The number of ether oxygens (including phenoxy) is 1. The van der Waals surface area contributed by atoms with Gasteiger partial charge in [0.1, 0.15) is 4.88 Å². The fourth-order valence-electron chi connectivity index (χ4n) is 2.17. The quantitative estimate of drug-likeness (QED) is 0.469. The van der Waals surface area contributed by atoms with Crippen molar-refractivity contribution < 1.29 is 18.7 Å². The van der Waals surface area contributed by atoms with Gasteiger partial charge in [0.15, 0.2) is 5.13 Å². The van der Waals surface area contributed by atoms with Gasteiger partial charge in [-0.3, -0.25) is 4.79 Å². The van der Waals surface area contributed by atoms with Crippen LogP contribution in [0.1, 0.15) is 16.1 Å². The van der Waals surface area contributed by atoms with E-state index in [9.17, 15) is 9.59 Å². The van der Waals surface area contributed by atoms with E-state index in [1.165, 1.54) is 18.4 Å². The number of aromatic nitrogens is 3. The van der Waals surface area contributed by atoms with Gasteiger partial charge >= 0.3 is 5.97 Å². The molecule has 1 amide bonds. The molecule has 2 aromatic heterocycles. The average Bonchev–Trinajstić information content (AvgIpc) is 3.25. The Morgan fingerprint density at radius 3 is 2.81 bits per heavy atom. The number of nitrogens with two attached hydrogens (primary N) is 1. The van der Waals surface area contributed by atoms with Gasteiger partial charge in [-0.15, -0.1) is 10.2 Å². The highest BCUT2D eigenvalue weighted by molar-refractivity contribution is 7.99. The van der Waals surface area contributed by atoms with E-state index >= 15 is 0 Å². The molecule has 3 rings (SSSR count). The van der Waals surface area contributed by atoms with Crippen molar-refractivity contribution in [3.8, 4) is 10.8 Å². The van der Waals surface area contributed by atoms with E-state index in [2.05, 4.69) is 20.5 Å². The Kier molecular flexibility index (Phi) is 5.72. The fourth-order valence-corrected chi connectivity index (χ4v) is 3.49. The number of carbonyl (C=O) groups is 2. The zero-order valence-electron chi connectivity index (χ0n) is 14.4. The summed E-state index contributed by atoms with van der Waals surface area (Å²) in [6.45, 7) is 1.80. The molecule has 0 fully saturated rings. The van der Waals surface area contributed by atoms with E-state index in [0.717, 1.165) is 11.8 Å². The first kappa shape index (κ1) is 18.9. The van der Waals surface area contributed by atoms with Gasteiger partial charge in [-0.1, -0.05) is 35.2 Å². The maximum atomic E-state index is 12.2. The highest BCUT2D eigenvalue weighted by atomic mass is 32.2. The molecule has 1 aromatic carbocycles. The zero-order valence-corrected chi connectivity index (χ0v) is 16.0. The number of thioether (sulfide) groups is 1. The van der Waals surface area contributed by atoms with Gasteiger partial charge < -0.3 is 20.2 Å². The number of benzene rings is 1. The lowest BCUT2D eigenvalue weighted by molar-refractivity contribution is -0.113. The second kappa shape index (κ2) is 8.18. The smallest absolute Gasteiger partial charge is 0.339 e. The van der Waals surface area contributed by atoms with E-state index < -0.39 is 5.97 Å². The number of hydrogen-bond acceptors (Lipinski definition) is 10. The Labute approximate surface area is 162 Å². The van der Waals surface area contributed by atoms with Crippen molar-refractivity contribution in [3.63, 3.8) is 0 Å². The summed E-state index contributed by atoms with van der Waals surface area (Å²) in [5.41, 5.74) is 7.02. The molecule has 2 heterocycles. The number of methoxy groups -OCH3 is 1. The summed E-state index contributed by atoms with van der Waals surface area (Å²) in [4.78, 5) is 28.7. The van der Waals surface area contributed by atoms with E-state index in [0.29, 0.717) is 27.3 Å². The van der Waals surface area contributed by atoms with Crippen LogP contribution < -0.4 is 11.1 Å². The van der Waals surface area contributed by atoms with Gasteiger partial charge in [-0.25, -0.2) is 9.78 Å². The SMILES string of the molecule is COC(=O)c1ccccc1NC(=O)CSc1nnc(-c2sc(N)nc2C)o1. The number of thiazole rings is 1. The van der Waals surface area contributed by atoms with Crippen LogP contribution in [0.15, 0.2) is 33.9 Å². The van der Waals surface area contributed by atoms with Crippen LogP contribution in [0.3, 0.4) is 0 Å². The normalized spacial score (nSPS) is 10.6. The number of anilines is 2. The molecule has 0 unspecified atom stereocenters. The Bertz CT molecular complexity index is 985. The van der Waals surface area contributed by atoms with E-state index in [1.54, 1.807) is 31.2 Å². The third-order valence-electron chi connectivity index (χ3n) is 3.35. The van der Waals surface area contributed by atoms with E-state index in [4.69, 9.17) is 14.9 Å². The third-order valence-corrected chi connectivity index (χ3v) is 5.14. The summed E-state index contributed by atoms with van der Waals surface area (Å²) in [6.07, 6.45) is 0. The van der Waals surface area contributed by atoms with Gasteiger partial charge in [0.25, 0.3) is 11.1 Å². The molecule has 0 aliphatic carbocycles. The molecular formula is C16H15N5O4S2. The molecule has 0 saturated heterocycles. The minimum absolute atomic E-state index is 0.0287. The summed E-state index contributed by atoms with van der Waals surface area (Å²) >= 11 is 2.33. The van der Waals surface area contributed by atoms with Crippen LogP contribution in [0.2, 0.25) is 0 Å². The number of nitrogen functional groups attached to an aromatic ring is 1. The highest BCUT2D eigenvalue weighted by Gasteiger charge is 2.17. The predicted molar refractivity (Wildman–Crippen MR) is 102 cm³/mol. The second-order valence-electron chi connectivity index (χ2n) is 5.21. The van der Waals surface area contributed by atoms with Crippen molar-refractivity contribution in [1.82, 2.24) is 15.2 Å². The molecule has 0 radical (unpaired) electrons. The van der Waals surface area contributed by atoms with Crippen molar-refractivity contribution >= 4 is 45.8 Å². The maximum Gasteiger partial charge on any atom is 0.339 e. The van der Waals surface area contributed by atoms with Crippen LogP contribution in [0, 0.1) is 6.92 Å². The lowest BCUT2D eigenvalue weighted by atomic mass is 10.2. The molecule has 0 bridgehead atoms. The molecule has 0 aliphatic rings. The van der Waals surface area contributed by atoms with Gasteiger partial charge in [0.2, 0.25) is 5.91 Å². The third kappa shape index (κ3) is 4.44. The number of carbonyl (C=O) groups excluding carboxylic acids is 2. The van der Waals surface area contributed by atoms with Crippen LogP contribution in [-0.4, -0.2) is 39.9 Å². The monoisotopic (exact) mass is 405 g/mol. The lowest BCUT2D eigenvalue weighted by Crippen LogP contribution is -2.17. The highest BCUT2D eigenvalue weighted by Crippen LogP contribution is 2.31. The first-order chi connectivity index (χ1) is 13.0. The predicted octanol–water partition coefficient (Wildman–Crippen LogP) is 2.60. The van der Waals surface area contributed by atoms with Crippen LogP contribution in [-0.2, 0) is 9.53 Å². The van der Waals surface area contributed by atoms with E-state index in [-0.39, 0.29) is 22.4 Å². The number of para-hydroxylation sites is 1. The first-order valence-electron chi connectivity index (χ1n) is 7.64. The molecular weight excluding hydrogens is 390 g/mol. The van der Waals surface area contributed by atoms with E-state index in [1.807, 2.05) is 0 Å². The molecule has 11 heteroatoms. The van der Waals surface area contributed by atoms with Gasteiger partial charge in [0.05, 0.1) is 29.8 Å². The molecule has 3 aromatic rings. The zero-order chi connectivity index (χ0) is 19.4. The molecule has 140 valence electrons. The number of hydrogen-bond donors (Lipinski definition) is 2. The summed E-state index contributed by atoms with van der Waals surface area (Å²) in [5.74, 6) is -0.518. The van der Waals surface area contributed by atoms with Gasteiger partial charge in [-0.05, 0) is 19.1 Å². The minimum Gasteiger partial charge on any atom is -0.465 e. The van der Waals surface area contributed by atoms with Crippen molar-refractivity contribution in [2.45, 2.75) is 12.1 Å². The Hall–Kier alpha value is -2.92. The summed E-state index contributed by atoms with van der Waals surface area (Å²) in [5, 5.41) is 11.2. The number of nitrogens with one attached hydrogen (secondary N) is 1. The Morgan fingerprint density at radius 2 is 2.11 bits per heavy atom. The van der Waals surface area contributed by atoms with Crippen molar-refractivity contribution in [2.24, 2.45) is 0 Å². The lowest BCUT2D eigenvalue weighted by Gasteiger charge is -2.08. The summed E-state index contributed by atoms with van der Waals surface area (Å²) < 4.78 is 10.2. The second-order valence-corrected chi connectivity index (χ2v) is 7.17. The molecule has 0 spiro atoms. The largest absolute Gasteiger partial charge is 0.465 e. The molecule has 0 atom stereocenters. The molecule has 27 heavy (non-hydrogen) atoms. The summed E-state index contributed by atoms with van der Waals surface area (Å²) in [7, 11) is 1.28. The molecule has 0 saturated carbocycles. The number of nitrogens with zero attached hydrogens (tertiary/aromatic N) is 3. The fraction of sp³-hybridized carbons (Fsp3) is 0.188. The van der Waals surface area contributed by atoms with Crippen LogP contribution in [0.5, 0.6) is 0 Å². The van der Waals surface area contributed by atoms with Gasteiger partial charge in [-0.2, -0.15) is 0 Å². The maximum absolute atomic E-state index is 12.2. The topological polar surface area (TPSA) is 133 Å². The van der Waals surface area contributed by atoms with Crippen molar-refractivity contribution in [1.29, 1.82) is 0 Å². The van der Waals surface area contributed by atoms with Crippen molar-refractivity contribution in [2.75, 3.05) is 23.9 Å².